The number of rotatable bonds is 9. The SMILES string of the molecule is C=CC(=O)N1CCCN(CCn2c(C#N)cc3c(C)c(CN4CCC(Nc5ncnc6sc(CC(F)(F)F)cc56)CC4)ccc32)CC1. The third-order valence-electron chi connectivity index (χ3n) is 9.37. The summed E-state index contributed by atoms with van der Waals surface area (Å²) < 4.78 is 40.9. The molecule has 0 atom stereocenters. The molecule has 6 rings (SSSR count). The Bertz CT molecular complexity index is 1800. The van der Waals surface area contributed by atoms with Gasteiger partial charge in [0.15, 0.2) is 0 Å². The maximum absolute atomic E-state index is 12.9. The van der Waals surface area contributed by atoms with Gasteiger partial charge in [-0.3, -0.25) is 14.6 Å². The van der Waals surface area contributed by atoms with Crippen LogP contribution in [0.2, 0.25) is 0 Å². The van der Waals surface area contributed by atoms with Crippen LogP contribution in [0.3, 0.4) is 0 Å². The van der Waals surface area contributed by atoms with Crippen LogP contribution in [0.1, 0.15) is 41.0 Å². The summed E-state index contributed by atoms with van der Waals surface area (Å²) in [6.45, 7) is 12.9. The zero-order valence-corrected chi connectivity index (χ0v) is 27.3. The smallest absolute Gasteiger partial charge is 0.367 e. The van der Waals surface area contributed by atoms with Gasteiger partial charge < -0.3 is 14.8 Å². The minimum Gasteiger partial charge on any atom is -0.367 e. The molecule has 47 heavy (non-hydrogen) atoms. The Hall–Kier alpha value is -3.99. The molecule has 1 amide bonds. The number of benzene rings is 1. The quantitative estimate of drug-likeness (QED) is 0.229. The maximum atomic E-state index is 12.9. The van der Waals surface area contributed by atoms with E-state index in [1.807, 2.05) is 11.0 Å². The molecule has 2 saturated heterocycles. The van der Waals surface area contributed by atoms with Crippen LogP contribution in [0.5, 0.6) is 0 Å². The minimum absolute atomic E-state index is 0.0200. The molecule has 0 unspecified atom stereocenters. The average Bonchev–Trinajstić information content (AvgIpc) is 3.53. The third kappa shape index (κ3) is 7.61. The first-order valence-corrected chi connectivity index (χ1v) is 16.9. The summed E-state index contributed by atoms with van der Waals surface area (Å²) in [7, 11) is 0. The van der Waals surface area contributed by atoms with Crippen molar-refractivity contribution in [1.82, 2.24) is 29.2 Å². The van der Waals surface area contributed by atoms with Crippen molar-refractivity contribution in [2.45, 2.75) is 57.9 Å². The van der Waals surface area contributed by atoms with E-state index in [9.17, 15) is 23.2 Å². The molecule has 2 aliphatic heterocycles. The number of nitriles is 1. The van der Waals surface area contributed by atoms with Gasteiger partial charge in [-0.1, -0.05) is 12.6 Å². The fraction of sp³-hybridized carbons (Fsp3) is 0.471. The number of carbonyl (C=O) groups excluding carboxylic acids is 1. The van der Waals surface area contributed by atoms with E-state index in [0.717, 1.165) is 87.3 Å². The van der Waals surface area contributed by atoms with Gasteiger partial charge in [-0.2, -0.15) is 18.4 Å². The molecular formula is C34H39F3N8OS. The largest absolute Gasteiger partial charge is 0.393 e. The first-order chi connectivity index (χ1) is 22.6. The molecule has 0 aliphatic carbocycles. The molecule has 5 heterocycles. The summed E-state index contributed by atoms with van der Waals surface area (Å²) in [4.78, 5) is 28.0. The summed E-state index contributed by atoms with van der Waals surface area (Å²) in [5, 5.41) is 15.2. The summed E-state index contributed by atoms with van der Waals surface area (Å²) >= 11 is 1.06. The van der Waals surface area contributed by atoms with E-state index in [-0.39, 0.29) is 16.8 Å². The summed E-state index contributed by atoms with van der Waals surface area (Å²) in [5.41, 5.74) is 4.13. The van der Waals surface area contributed by atoms with Crippen LogP contribution < -0.4 is 5.32 Å². The normalized spacial score (nSPS) is 17.2. The lowest BCUT2D eigenvalue weighted by Crippen LogP contribution is -2.39. The second-order valence-corrected chi connectivity index (χ2v) is 13.6. The molecule has 2 fully saturated rings. The number of aryl methyl sites for hydroxylation is 1. The van der Waals surface area contributed by atoms with Crippen molar-refractivity contribution < 1.29 is 18.0 Å². The number of aromatic nitrogens is 3. The van der Waals surface area contributed by atoms with Crippen LogP contribution in [0.25, 0.3) is 21.1 Å². The Morgan fingerprint density at radius 2 is 1.89 bits per heavy atom. The van der Waals surface area contributed by atoms with Gasteiger partial charge in [0, 0.05) is 74.2 Å². The number of carbonyl (C=O) groups is 1. The number of hydrogen-bond acceptors (Lipinski definition) is 8. The summed E-state index contributed by atoms with van der Waals surface area (Å²) in [6.07, 6.45) is 0.258. The predicted octanol–water partition coefficient (Wildman–Crippen LogP) is 5.73. The Kier molecular flexibility index (Phi) is 9.82. The Morgan fingerprint density at radius 3 is 2.64 bits per heavy atom. The van der Waals surface area contributed by atoms with Gasteiger partial charge in [-0.25, -0.2) is 9.97 Å². The van der Waals surface area contributed by atoms with Gasteiger partial charge in [0.05, 0.1) is 11.8 Å². The van der Waals surface area contributed by atoms with Gasteiger partial charge >= 0.3 is 6.18 Å². The number of alkyl halides is 3. The maximum Gasteiger partial charge on any atom is 0.393 e. The second kappa shape index (κ2) is 14.0. The second-order valence-electron chi connectivity index (χ2n) is 12.4. The molecule has 0 bridgehead atoms. The number of halogens is 3. The lowest BCUT2D eigenvalue weighted by Gasteiger charge is -2.33. The minimum atomic E-state index is -4.26. The zero-order chi connectivity index (χ0) is 33.1. The van der Waals surface area contributed by atoms with E-state index < -0.39 is 12.6 Å². The van der Waals surface area contributed by atoms with Crippen molar-refractivity contribution in [2.24, 2.45) is 0 Å². The van der Waals surface area contributed by atoms with Crippen LogP contribution in [0.4, 0.5) is 19.0 Å². The average molecular weight is 665 g/mol. The van der Waals surface area contributed by atoms with Gasteiger partial charge in [0.25, 0.3) is 0 Å². The highest BCUT2D eigenvalue weighted by Gasteiger charge is 2.29. The molecule has 0 radical (unpaired) electrons. The standard InChI is InChI=1S/C34H39F3N8OS/c1-3-31(46)44-10-4-9-42(13-15-44)14-16-45-26(20-38)17-28-23(2)24(5-6-30(28)45)21-43-11-7-25(8-12-43)41-32-29-18-27(19-34(35,36)37)47-33(29)40-22-39-32/h3,5-6,17-18,22,25H,1,4,7-16,19,21H2,2H3,(H,39,40,41). The van der Waals surface area contributed by atoms with Crippen LogP contribution in [0, 0.1) is 18.3 Å². The van der Waals surface area contributed by atoms with E-state index >= 15 is 0 Å². The number of hydrogen-bond donors (Lipinski definition) is 1. The molecule has 4 aromatic rings. The number of fused-ring (bicyclic) bond motifs is 2. The molecule has 248 valence electrons. The van der Waals surface area contributed by atoms with Gasteiger partial charge in [0.2, 0.25) is 5.91 Å². The predicted molar refractivity (Wildman–Crippen MR) is 178 cm³/mol. The number of anilines is 1. The molecule has 9 nitrogen and oxygen atoms in total. The van der Waals surface area contributed by atoms with E-state index in [0.29, 0.717) is 34.8 Å². The molecule has 2 aliphatic rings. The Labute approximate surface area is 276 Å². The van der Waals surface area contributed by atoms with E-state index in [4.69, 9.17) is 0 Å². The van der Waals surface area contributed by atoms with Crippen LogP contribution in [-0.2, 0) is 24.3 Å². The van der Waals surface area contributed by atoms with Crippen molar-refractivity contribution in [3.05, 3.63) is 64.9 Å². The van der Waals surface area contributed by atoms with Gasteiger partial charge in [-0.05, 0) is 68.1 Å². The molecule has 0 saturated carbocycles. The molecule has 0 spiro atoms. The zero-order valence-electron chi connectivity index (χ0n) is 26.5. The van der Waals surface area contributed by atoms with E-state index in [2.05, 4.69) is 61.4 Å². The van der Waals surface area contributed by atoms with Crippen molar-refractivity contribution in [3.63, 3.8) is 0 Å². The Morgan fingerprint density at radius 1 is 1.09 bits per heavy atom. The fourth-order valence-corrected chi connectivity index (χ4v) is 7.81. The first kappa shape index (κ1) is 32.9. The van der Waals surface area contributed by atoms with Crippen LogP contribution in [0.15, 0.2) is 43.2 Å². The highest BCUT2D eigenvalue weighted by atomic mass is 32.1. The van der Waals surface area contributed by atoms with Crippen molar-refractivity contribution in [2.75, 3.05) is 51.1 Å². The Balaban J connectivity index is 1.07. The lowest BCUT2D eigenvalue weighted by atomic mass is 10.0. The molecule has 3 aromatic heterocycles. The monoisotopic (exact) mass is 664 g/mol. The van der Waals surface area contributed by atoms with Gasteiger partial charge in [-0.15, -0.1) is 11.3 Å². The number of nitrogens with one attached hydrogen (secondary N) is 1. The fourth-order valence-electron chi connectivity index (χ4n) is 6.79. The molecular weight excluding hydrogens is 625 g/mol. The van der Waals surface area contributed by atoms with Crippen molar-refractivity contribution in [3.8, 4) is 6.07 Å². The third-order valence-corrected chi connectivity index (χ3v) is 10.4. The molecule has 1 aromatic carbocycles. The highest BCUT2D eigenvalue weighted by molar-refractivity contribution is 7.18. The van der Waals surface area contributed by atoms with Crippen molar-refractivity contribution in [1.29, 1.82) is 5.26 Å². The van der Waals surface area contributed by atoms with E-state index in [1.165, 1.54) is 23.5 Å². The van der Waals surface area contributed by atoms with Crippen LogP contribution >= 0.6 is 11.3 Å². The molecule has 13 heteroatoms. The highest BCUT2D eigenvalue weighted by Crippen LogP contribution is 2.33. The van der Waals surface area contributed by atoms with Gasteiger partial charge in [0.1, 0.15) is 28.7 Å². The summed E-state index contributed by atoms with van der Waals surface area (Å²) in [6, 6.07) is 10.4. The lowest BCUT2D eigenvalue weighted by molar-refractivity contribution is -0.127. The number of likely N-dealkylation sites (tertiary alicyclic amines) is 1. The number of amides is 1. The first-order valence-electron chi connectivity index (χ1n) is 16.1. The van der Waals surface area contributed by atoms with Crippen LogP contribution in [-0.4, -0.2) is 93.2 Å². The topological polar surface area (TPSA) is 93.3 Å². The molecule has 1 N–H and O–H groups in total. The summed E-state index contributed by atoms with van der Waals surface area (Å²) in [5.74, 6) is 0.575. The number of thiophene rings is 1. The number of piperidine rings is 1. The number of nitrogens with zero attached hydrogens (tertiary/aromatic N) is 7. The van der Waals surface area contributed by atoms with E-state index in [1.54, 1.807) is 6.07 Å². The van der Waals surface area contributed by atoms with Crippen molar-refractivity contribution >= 4 is 44.2 Å².